The maximum absolute atomic E-state index is 12.5. The van der Waals surface area contributed by atoms with Crippen LogP contribution in [-0.4, -0.2) is 47.8 Å². The number of amides is 2. The van der Waals surface area contributed by atoms with Crippen LogP contribution in [-0.2, 0) is 4.79 Å². The Bertz CT molecular complexity index is 778. The fraction of sp³-hybridized carbons (Fsp3) is 0.300. The fourth-order valence-electron chi connectivity index (χ4n) is 3.10. The SMILES string of the molecule is Cl.NC(CC(=O)N1CCN(C(=O)c2cccc(Cl)c2)CC1)c1ccccc1. The molecule has 0 spiro atoms. The molecular weight excluding hydrogens is 385 g/mol. The van der Waals surface area contributed by atoms with Crippen LogP contribution >= 0.6 is 24.0 Å². The highest BCUT2D eigenvalue weighted by Crippen LogP contribution is 2.17. The summed E-state index contributed by atoms with van der Waals surface area (Å²) in [6, 6.07) is 16.2. The van der Waals surface area contributed by atoms with E-state index in [2.05, 4.69) is 0 Å². The van der Waals surface area contributed by atoms with E-state index in [4.69, 9.17) is 17.3 Å². The summed E-state index contributed by atoms with van der Waals surface area (Å²) in [5.41, 5.74) is 7.67. The molecule has 0 aliphatic carbocycles. The Morgan fingerprint density at radius 2 is 1.59 bits per heavy atom. The molecule has 5 nitrogen and oxygen atoms in total. The number of carbonyl (C=O) groups is 2. The number of piperazine rings is 1. The van der Waals surface area contributed by atoms with Crippen molar-refractivity contribution in [3.05, 3.63) is 70.7 Å². The van der Waals surface area contributed by atoms with Crippen LogP contribution in [0.4, 0.5) is 0 Å². The Labute approximate surface area is 170 Å². The summed E-state index contributed by atoms with van der Waals surface area (Å²) in [6.07, 6.45) is 0.270. The Kier molecular flexibility index (Phi) is 7.66. The van der Waals surface area contributed by atoms with Crippen LogP contribution in [0, 0.1) is 0 Å². The van der Waals surface area contributed by atoms with Crippen LogP contribution in [0.3, 0.4) is 0 Å². The number of halogens is 2. The molecule has 2 N–H and O–H groups in total. The van der Waals surface area contributed by atoms with Crippen LogP contribution in [0.25, 0.3) is 0 Å². The van der Waals surface area contributed by atoms with Crippen LogP contribution in [0.2, 0.25) is 5.02 Å². The van der Waals surface area contributed by atoms with E-state index in [-0.39, 0.29) is 36.7 Å². The summed E-state index contributed by atoms with van der Waals surface area (Å²) in [7, 11) is 0. The molecule has 3 rings (SSSR count). The van der Waals surface area contributed by atoms with Gasteiger partial charge in [0.15, 0.2) is 0 Å². The van der Waals surface area contributed by atoms with Gasteiger partial charge in [0.2, 0.25) is 5.91 Å². The lowest BCUT2D eigenvalue weighted by Crippen LogP contribution is -2.51. The van der Waals surface area contributed by atoms with Gasteiger partial charge >= 0.3 is 0 Å². The zero-order valence-electron chi connectivity index (χ0n) is 14.9. The Morgan fingerprint density at radius 3 is 2.22 bits per heavy atom. The van der Waals surface area contributed by atoms with E-state index in [1.165, 1.54) is 0 Å². The molecular formula is C20H23Cl2N3O2. The van der Waals surface area contributed by atoms with Crippen LogP contribution in [0.1, 0.15) is 28.4 Å². The molecule has 2 amide bonds. The molecule has 0 saturated carbocycles. The van der Waals surface area contributed by atoms with Crippen molar-refractivity contribution in [1.29, 1.82) is 0 Å². The minimum absolute atomic E-state index is 0. The summed E-state index contributed by atoms with van der Waals surface area (Å²) >= 11 is 5.96. The van der Waals surface area contributed by atoms with Crippen molar-refractivity contribution in [3.8, 4) is 0 Å². The largest absolute Gasteiger partial charge is 0.339 e. The second-order valence-corrected chi connectivity index (χ2v) is 6.84. The first-order valence-corrected chi connectivity index (χ1v) is 9.05. The topological polar surface area (TPSA) is 66.6 Å². The van der Waals surface area contributed by atoms with Crippen LogP contribution in [0.15, 0.2) is 54.6 Å². The van der Waals surface area contributed by atoms with Crippen molar-refractivity contribution >= 4 is 35.8 Å². The first kappa shape index (κ1) is 21.2. The first-order valence-electron chi connectivity index (χ1n) is 8.68. The monoisotopic (exact) mass is 407 g/mol. The summed E-state index contributed by atoms with van der Waals surface area (Å²) in [4.78, 5) is 28.6. The second-order valence-electron chi connectivity index (χ2n) is 6.40. The standard InChI is InChI=1S/C20H22ClN3O2.ClH/c21-17-8-4-7-16(13-17)20(26)24-11-9-23(10-12-24)19(25)14-18(22)15-5-2-1-3-6-15;/h1-8,13,18H,9-12,14,22H2;1H. The van der Waals surface area contributed by atoms with Gasteiger partial charge in [0.05, 0.1) is 0 Å². The Morgan fingerprint density at radius 1 is 0.963 bits per heavy atom. The highest BCUT2D eigenvalue weighted by Gasteiger charge is 2.26. The summed E-state index contributed by atoms with van der Waals surface area (Å²) < 4.78 is 0. The Balaban J connectivity index is 0.00000261. The van der Waals surface area contributed by atoms with Gasteiger partial charge in [-0.2, -0.15) is 0 Å². The van der Waals surface area contributed by atoms with E-state index in [1.807, 2.05) is 30.3 Å². The van der Waals surface area contributed by atoms with Gasteiger partial charge in [-0.25, -0.2) is 0 Å². The number of hydrogen-bond donors (Lipinski definition) is 1. The van der Waals surface area contributed by atoms with Crippen molar-refractivity contribution in [3.63, 3.8) is 0 Å². The van der Waals surface area contributed by atoms with E-state index in [1.54, 1.807) is 34.1 Å². The minimum atomic E-state index is -0.310. The van der Waals surface area contributed by atoms with Gasteiger partial charge in [0.1, 0.15) is 0 Å². The van der Waals surface area contributed by atoms with Gasteiger partial charge in [0.25, 0.3) is 5.91 Å². The molecule has 0 radical (unpaired) electrons. The van der Waals surface area contributed by atoms with Gasteiger partial charge in [-0.05, 0) is 23.8 Å². The molecule has 1 unspecified atom stereocenters. The van der Waals surface area contributed by atoms with E-state index >= 15 is 0 Å². The lowest BCUT2D eigenvalue weighted by atomic mass is 10.0. The highest BCUT2D eigenvalue weighted by molar-refractivity contribution is 6.30. The molecule has 0 aromatic heterocycles. The fourth-order valence-corrected chi connectivity index (χ4v) is 3.29. The van der Waals surface area contributed by atoms with Gasteiger partial charge in [-0.15, -0.1) is 12.4 Å². The Hall–Kier alpha value is -2.08. The molecule has 2 aromatic carbocycles. The number of carbonyl (C=O) groups excluding carboxylic acids is 2. The van der Waals surface area contributed by atoms with Crippen molar-refractivity contribution in [2.45, 2.75) is 12.5 Å². The smallest absolute Gasteiger partial charge is 0.254 e. The highest BCUT2D eigenvalue weighted by atomic mass is 35.5. The molecule has 7 heteroatoms. The molecule has 1 aliphatic heterocycles. The molecule has 2 aromatic rings. The zero-order valence-corrected chi connectivity index (χ0v) is 16.5. The van der Waals surface area contributed by atoms with Gasteiger partial charge < -0.3 is 15.5 Å². The van der Waals surface area contributed by atoms with Crippen molar-refractivity contribution in [2.75, 3.05) is 26.2 Å². The molecule has 1 atom stereocenters. The first-order chi connectivity index (χ1) is 12.5. The maximum Gasteiger partial charge on any atom is 0.254 e. The van der Waals surface area contributed by atoms with Crippen molar-refractivity contribution < 1.29 is 9.59 Å². The summed E-state index contributed by atoms with van der Waals surface area (Å²) in [6.45, 7) is 2.06. The molecule has 27 heavy (non-hydrogen) atoms. The predicted molar refractivity (Wildman–Crippen MR) is 109 cm³/mol. The molecule has 1 aliphatic rings. The quantitative estimate of drug-likeness (QED) is 0.846. The number of nitrogens with two attached hydrogens (primary N) is 1. The van der Waals surface area contributed by atoms with E-state index < -0.39 is 0 Å². The normalized spacial score (nSPS) is 15.0. The molecule has 1 fully saturated rings. The lowest BCUT2D eigenvalue weighted by Gasteiger charge is -2.35. The van der Waals surface area contributed by atoms with E-state index in [9.17, 15) is 9.59 Å². The number of hydrogen-bond acceptors (Lipinski definition) is 3. The van der Waals surface area contributed by atoms with Crippen LogP contribution in [0.5, 0.6) is 0 Å². The average molecular weight is 408 g/mol. The summed E-state index contributed by atoms with van der Waals surface area (Å²) in [5, 5.41) is 0.541. The maximum atomic E-state index is 12.5. The number of rotatable bonds is 4. The van der Waals surface area contributed by atoms with Crippen molar-refractivity contribution in [1.82, 2.24) is 9.80 Å². The third-order valence-corrected chi connectivity index (χ3v) is 4.85. The van der Waals surface area contributed by atoms with Gasteiger partial charge in [-0.1, -0.05) is 48.0 Å². The number of benzene rings is 2. The van der Waals surface area contributed by atoms with Crippen molar-refractivity contribution in [2.24, 2.45) is 5.73 Å². The molecule has 1 saturated heterocycles. The third kappa shape index (κ3) is 5.45. The van der Waals surface area contributed by atoms with Gasteiger partial charge in [0, 0.05) is 49.2 Å². The minimum Gasteiger partial charge on any atom is -0.339 e. The van der Waals surface area contributed by atoms with E-state index in [0.717, 1.165) is 5.56 Å². The second kappa shape index (κ2) is 9.74. The lowest BCUT2D eigenvalue weighted by molar-refractivity contribution is -0.133. The molecule has 0 bridgehead atoms. The third-order valence-electron chi connectivity index (χ3n) is 4.61. The predicted octanol–water partition coefficient (Wildman–Crippen LogP) is 3.14. The summed E-state index contributed by atoms with van der Waals surface area (Å²) in [5.74, 6) is -0.0307. The molecule has 144 valence electrons. The molecule has 1 heterocycles. The number of nitrogens with zero attached hydrogens (tertiary/aromatic N) is 2. The van der Waals surface area contributed by atoms with E-state index in [0.29, 0.717) is 36.8 Å². The van der Waals surface area contributed by atoms with Crippen LogP contribution < -0.4 is 5.73 Å². The average Bonchev–Trinajstić information content (AvgIpc) is 2.68. The van der Waals surface area contributed by atoms with Gasteiger partial charge in [-0.3, -0.25) is 9.59 Å². The zero-order chi connectivity index (χ0) is 18.5.